The van der Waals surface area contributed by atoms with E-state index >= 15 is 0 Å². The number of nitrogens with zero attached hydrogens (tertiary/aromatic N) is 5. The quantitative estimate of drug-likeness (QED) is 0.658. The predicted octanol–water partition coefficient (Wildman–Crippen LogP) is 2.22. The second kappa shape index (κ2) is 8.00. The lowest BCUT2D eigenvalue weighted by atomic mass is 9.87. The van der Waals surface area contributed by atoms with Crippen molar-refractivity contribution in [2.75, 3.05) is 56.7 Å². The fraction of sp³-hybridized carbons (Fsp3) is 0.458. The number of carbonyl (C=O) groups is 1. The molecule has 2 aromatic heterocycles. The Morgan fingerprint density at radius 1 is 1.15 bits per heavy atom. The molecular formula is C24H28N6O3. The monoisotopic (exact) mass is 448 g/mol. The Morgan fingerprint density at radius 3 is 2.79 bits per heavy atom. The summed E-state index contributed by atoms with van der Waals surface area (Å²) in [6.45, 7) is 4.95. The fourth-order valence-electron chi connectivity index (χ4n) is 5.11. The van der Waals surface area contributed by atoms with Crippen LogP contribution in [-0.4, -0.2) is 77.4 Å². The molecule has 0 radical (unpaired) electrons. The standard InChI is InChI=1S/C24H28N6O3/c1-28-7-3-24(4-8-28)15-17-13-19(20(14-21(17)33-24)29-9-11-32-12-10-29)27-23(31)18-16-26-30-6-2-5-25-22(18)30/h2,5-6,13-14,16H,3-4,7-12,15H2,1H3,(H,27,31). The summed E-state index contributed by atoms with van der Waals surface area (Å²) in [6.07, 6.45) is 7.92. The number of hydrogen-bond donors (Lipinski definition) is 1. The Hall–Kier alpha value is -3.17. The maximum absolute atomic E-state index is 13.3. The number of nitrogens with one attached hydrogen (secondary N) is 1. The van der Waals surface area contributed by atoms with Gasteiger partial charge in [0.05, 0.1) is 30.8 Å². The van der Waals surface area contributed by atoms with Crippen LogP contribution in [0.5, 0.6) is 5.75 Å². The van der Waals surface area contributed by atoms with E-state index in [1.54, 1.807) is 29.2 Å². The second-order valence-electron chi connectivity index (χ2n) is 9.24. The third-order valence-corrected chi connectivity index (χ3v) is 7.04. The first-order valence-corrected chi connectivity index (χ1v) is 11.6. The summed E-state index contributed by atoms with van der Waals surface area (Å²) >= 11 is 0. The van der Waals surface area contributed by atoms with Crippen molar-refractivity contribution in [2.45, 2.75) is 24.9 Å². The summed E-state index contributed by atoms with van der Waals surface area (Å²) in [4.78, 5) is 22.2. The fourth-order valence-corrected chi connectivity index (χ4v) is 5.11. The van der Waals surface area contributed by atoms with Crippen LogP contribution in [0.25, 0.3) is 5.65 Å². The minimum absolute atomic E-state index is 0.133. The van der Waals surface area contributed by atoms with E-state index in [2.05, 4.69) is 44.4 Å². The zero-order chi connectivity index (χ0) is 22.4. The van der Waals surface area contributed by atoms with E-state index in [0.717, 1.165) is 68.1 Å². The first-order chi connectivity index (χ1) is 16.1. The molecule has 9 heteroatoms. The van der Waals surface area contributed by atoms with Crippen LogP contribution >= 0.6 is 0 Å². The number of fused-ring (bicyclic) bond motifs is 2. The Morgan fingerprint density at radius 2 is 1.97 bits per heavy atom. The molecule has 1 amide bonds. The van der Waals surface area contributed by atoms with E-state index in [9.17, 15) is 4.79 Å². The molecular weight excluding hydrogens is 420 g/mol. The number of amides is 1. The van der Waals surface area contributed by atoms with Crippen LogP contribution in [0.1, 0.15) is 28.8 Å². The molecule has 0 bridgehead atoms. The third-order valence-electron chi connectivity index (χ3n) is 7.04. The number of aromatic nitrogens is 3. The summed E-state index contributed by atoms with van der Waals surface area (Å²) in [5.74, 6) is 0.725. The number of ether oxygens (including phenoxy) is 2. The van der Waals surface area contributed by atoms with Gasteiger partial charge in [-0.05, 0) is 19.2 Å². The number of morpholine rings is 1. The lowest BCUT2D eigenvalue weighted by Gasteiger charge is -2.37. The number of carbonyl (C=O) groups excluding carboxylic acids is 1. The third kappa shape index (κ3) is 3.71. The van der Waals surface area contributed by atoms with Crippen LogP contribution in [0.4, 0.5) is 11.4 Å². The van der Waals surface area contributed by atoms with Crippen molar-refractivity contribution in [3.8, 4) is 5.75 Å². The van der Waals surface area contributed by atoms with E-state index in [-0.39, 0.29) is 11.5 Å². The molecule has 9 nitrogen and oxygen atoms in total. The Kier molecular flexibility index (Phi) is 4.95. The topological polar surface area (TPSA) is 84.2 Å². The highest BCUT2D eigenvalue weighted by Crippen LogP contribution is 2.45. The number of piperidine rings is 1. The van der Waals surface area contributed by atoms with E-state index in [1.807, 2.05) is 0 Å². The zero-order valence-electron chi connectivity index (χ0n) is 18.8. The summed E-state index contributed by atoms with van der Waals surface area (Å²) in [6, 6.07) is 6.00. The highest BCUT2D eigenvalue weighted by Gasteiger charge is 2.42. The van der Waals surface area contributed by atoms with E-state index in [4.69, 9.17) is 9.47 Å². The summed E-state index contributed by atoms with van der Waals surface area (Å²) in [5.41, 5.74) is 3.78. The van der Waals surface area contributed by atoms with E-state index in [0.29, 0.717) is 24.4 Å². The molecule has 0 unspecified atom stereocenters. The molecule has 1 aromatic carbocycles. The van der Waals surface area contributed by atoms with Gasteiger partial charge in [0.1, 0.15) is 16.9 Å². The van der Waals surface area contributed by atoms with Gasteiger partial charge in [-0.1, -0.05) is 0 Å². The first kappa shape index (κ1) is 20.4. The van der Waals surface area contributed by atoms with Crippen molar-refractivity contribution in [1.82, 2.24) is 19.5 Å². The SMILES string of the molecule is CN1CCC2(CC1)Cc1cc(NC(=O)c3cnn4cccnc34)c(N3CCOCC3)cc1O2. The highest BCUT2D eigenvalue weighted by atomic mass is 16.5. The number of benzene rings is 1. The molecule has 0 saturated carbocycles. The van der Waals surface area contributed by atoms with Gasteiger partial charge in [0.2, 0.25) is 0 Å². The predicted molar refractivity (Wildman–Crippen MR) is 124 cm³/mol. The highest BCUT2D eigenvalue weighted by molar-refractivity contribution is 6.09. The molecule has 3 aliphatic rings. The van der Waals surface area contributed by atoms with Gasteiger partial charge in [-0.2, -0.15) is 5.10 Å². The molecule has 3 aliphatic heterocycles. The molecule has 0 aliphatic carbocycles. The molecule has 172 valence electrons. The zero-order valence-corrected chi connectivity index (χ0v) is 18.8. The van der Waals surface area contributed by atoms with Gasteiger partial charge in [-0.15, -0.1) is 0 Å². The number of rotatable bonds is 3. The number of hydrogen-bond acceptors (Lipinski definition) is 7. The minimum Gasteiger partial charge on any atom is -0.486 e. The van der Waals surface area contributed by atoms with Gasteiger partial charge in [0.25, 0.3) is 5.91 Å². The molecule has 1 N–H and O–H groups in total. The molecule has 2 fully saturated rings. The Labute approximate surface area is 192 Å². The van der Waals surface area contributed by atoms with Gasteiger partial charge < -0.3 is 24.6 Å². The van der Waals surface area contributed by atoms with Gasteiger partial charge in [-0.3, -0.25) is 4.79 Å². The summed E-state index contributed by atoms with van der Waals surface area (Å²) in [7, 11) is 2.16. The number of anilines is 2. The van der Waals surface area contributed by atoms with Crippen LogP contribution in [0.15, 0.2) is 36.8 Å². The maximum atomic E-state index is 13.3. The van der Waals surface area contributed by atoms with Crippen molar-refractivity contribution in [3.63, 3.8) is 0 Å². The number of likely N-dealkylation sites (tertiary alicyclic amines) is 1. The van der Waals surface area contributed by atoms with Crippen LogP contribution in [0.3, 0.4) is 0 Å². The summed E-state index contributed by atoms with van der Waals surface area (Å²) in [5, 5.41) is 7.41. The van der Waals surface area contributed by atoms with Crippen LogP contribution in [-0.2, 0) is 11.2 Å². The van der Waals surface area contributed by atoms with Gasteiger partial charge >= 0.3 is 0 Å². The molecule has 2 saturated heterocycles. The molecule has 6 rings (SSSR count). The average Bonchev–Trinajstić information content (AvgIpc) is 3.42. The van der Waals surface area contributed by atoms with Crippen molar-refractivity contribution in [2.24, 2.45) is 0 Å². The lowest BCUT2D eigenvalue weighted by molar-refractivity contribution is 0.0271. The van der Waals surface area contributed by atoms with Gasteiger partial charge in [0.15, 0.2) is 5.65 Å². The van der Waals surface area contributed by atoms with Crippen molar-refractivity contribution >= 4 is 22.9 Å². The van der Waals surface area contributed by atoms with Crippen molar-refractivity contribution in [3.05, 3.63) is 47.9 Å². The largest absolute Gasteiger partial charge is 0.486 e. The Bertz CT molecular complexity index is 1190. The Balaban J connectivity index is 1.34. The van der Waals surface area contributed by atoms with E-state index < -0.39 is 0 Å². The van der Waals surface area contributed by atoms with Crippen LogP contribution in [0, 0.1) is 0 Å². The molecule has 1 spiro atoms. The normalized spacial score (nSPS) is 20.1. The van der Waals surface area contributed by atoms with Crippen molar-refractivity contribution in [1.29, 1.82) is 0 Å². The first-order valence-electron chi connectivity index (χ1n) is 11.6. The van der Waals surface area contributed by atoms with Crippen LogP contribution in [0.2, 0.25) is 0 Å². The smallest absolute Gasteiger partial charge is 0.261 e. The van der Waals surface area contributed by atoms with Crippen LogP contribution < -0.4 is 15.0 Å². The molecule has 33 heavy (non-hydrogen) atoms. The molecule has 3 aromatic rings. The second-order valence-corrected chi connectivity index (χ2v) is 9.24. The minimum atomic E-state index is -0.217. The van der Waals surface area contributed by atoms with Gasteiger partial charge in [0, 0.05) is 69.5 Å². The van der Waals surface area contributed by atoms with Gasteiger partial charge in [-0.25, -0.2) is 9.50 Å². The maximum Gasteiger partial charge on any atom is 0.261 e. The lowest BCUT2D eigenvalue weighted by Crippen LogP contribution is -2.45. The summed E-state index contributed by atoms with van der Waals surface area (Å²) < 4.78 is 13.8. The van der Waals surface area contributed by atoms with Crippen molar-refractivity contribution < 1.29 is 14.3 Å². The molecule has 5 heterocycles. The van der Waals surface area contributed by atoms with E-state index in [1.165, 1.54) is 0 Å². The average molecular weight is 449 g/mol. The molecule has 0 atom stereocenters.